The van der Waals surface area contributed by atoms with Crippen molar-refractivity contribution in [2.75, 3.05) is 43.0 Å². The first-order valence-corrected chi connectivity index (χ1v) is 12.5. The molecule has 0 radical (unpaired) electrons. The van der Waals surface area contributed by atoms with Crippen LogP contribution in [0.3, 0.4) is 0 Å². The minimum atomic E-state index is -4.76. The number of halogens is 3. The van der Waals surface area contributed by atoms with Crippen LogP contribution in [0.25, 0.3) is 11.3 Å². The molecule has 0 saturated carbocycles. The van der Waals surface area contributed by atoms with Crippen molar-refractivity contribution in [3.63, 3.8) is 0 Å². The fourth-order valence-electron chi connectivity index (χ4n) is 3.97. The van der Waals surface area contributed by atoms with Gasteiger partial charge < -0.3 is 24.2 Å². The normalized spacial score (nSPS) is 14.9. The van der Waals surface area contributed by atoms with Crippen LogP contribution in [0.1, 0.15) is 46.6 Å². The number of rotatable bonds is 6. The maximum Gasteiger partial charge on any atom is 0.573 e. The van der Waals surface area contributed by atoms with Gasteiger partial charge in [-0.2, -0.15) is 4.98 Å². The van der Waals surface area contributed by atoms with Gasteiger partial charge in [-0.25, -0.2) is 9.78 Å². The highest BCUT2D eigenvalue weighted by molar-refractivity contribution is 5.72. The molecule has 11 heteroatoms. The molecule has 0 bridgehead atoms. The van der Waals surface area contributed by atoms with E-state index in [1.165, 1.54) is 12.1 Å². The molecule has 0 aliphatic carbocycles. The lowest BCUT2D eigenvalue weighted by Gasteiger charge is -2.36. The summed E-state index contributed by atoms with van der Waals surface area (Å²) in [6.07, 6.45) is -2.24. The quantitative estimate of drug-likeness (QED) is 0.439. The van der Waals surface area contributed by atoms with Gasteiger partial charge in [0.25, 0.3) is 0 Å². The standard InChI is InChI=1S/C27H36F3N5O3/c1-8-18(2)17-33(7)23-19(3)22(20-9-11-21(12-10-20)37-27(28,29)30)31-24(32-23)34-13-15-35(16-14-34)25(36)38-26(4,5)6/h9-12,17H,8,13-16H2,1-7H3/b18-17+. The number of ether oxygens (including phenoxy) is 2. The van der Waals surface area contributed by atoms with Crippen LogP contribution in [0, 0.1) is 6.92 Å². The Balaban J connectivity index is 1.94. The molecule has 2 heterocycles. The first kappa shape index (κ1) is 29.1. The third kappa shape index (κ3) is 7.75. The molecule has 1 saturated heterocycles. The van der Waals surface area contributed by atoms with Gasteiger partial charge >= 0.3 is 12.5 Å². The molecule has 0 spiro atoms. The first-order chi connectivity index (χ1) is 17.7. The number of aromatic nitrogens is 2. The number of hydrogen-bond donors (Lipinski definition) is 0. The van der Waals surface area contributed by atoms with Crippen LogP contribution in [-0.4, -0.2) is 66.2 Å². The van der Waals surface area contributed by atoms with Crippen molar-refractivity contribution in [1.82, 2.24) is 14.9 Å². The Kier molecular flexibility index (Phi) is 8.79. The molecule has 1 aromatic heterocycles. The number of piperazine rings is 1. The van der Waals surface area contributed by atoms with Gasteiger partial charge in [0.1, 0.15) is 17.2 Å². The maximum atomic E-state index is 12.6. The monoisotopic (exact) mass is 535 g/mol. The molecule has 1 aliphatic rings. The summed E-state index contributed by atoms with van der Waals surface area (Å²) in [6.45, 7) is 13.4. The van der Waals surface area contributed by atoms with Gasteiger partial charge in [0.2, 0.25) is 5.95 Å². The molecule has 38 heavy (non-hydrogen) atoms. The molecule has 0 unspecified atom stereocenters. The minimum Gasteiger partial charge on any atom is -0.444 e. The zero-order chi connectivity index (χ0) is 28.3. The van der Waals surface area contributed by atoms with Crippen molar-refractivity contribution in [2.24, 2.45) is 0 Å². The number of anilines is 2. The summed E-state index contributed by atoms with van der Waals surface area (Å²) >= 11 is 0. The Bertz CT molecular complexity index is 1150. The number of hydrogen-bond acceptors (Lipinski definition) is 7. The van der Waals surface area contributed by atoms with E-state index in [1.807, 2.05) is 57.7 Å². The van der Waals surface area contributed by atoms with E-state index in [2.05, 4.69) is 11.7 Å². The summed E-state index contributed by atoms with van der Waals surface area (Å²) in [5, 5.41) is 0. The van der Waals surface area contributed by atoms with E-state index in [9.17, 15) is 18.0 Å². The lowest BCUT2D eigenvalue weighted by molar-refractivity contribution is -0.274. The molecule has 1 aliphatic heterocycles. The average molecular weight is 536 g/mol. The van der Waals surface area contributed by atoms with E-state index in [0.29, 0.717) is 49.2 Å². The van der Waals surface area contributed by atoms with Crippen molar-refractivity contribution >= 4 is 17.9 Å². The molecule has 2 aromatic rings. The number of benzene rings is 1. The lowest BCUT2D eigenvalue weighted by atomic mass is 10.1. The van der Waals surface area contributed by atoms with Crippen LogP contribution in [0.15, 0.2) is 36.0 Å². The van der Waals surface area contributed by atoms with Crippen molar-refractivity contribution in [1.29, 1.82) is 0 Å². The topological polar surface area (TPSA) is 71.0 Å². The molecule has 0 N–H and O–H groups in total. The molecular weight excluding hydrogens is 499 g/mol. The number of carbonyl (C=O) groups is 1. The van der Waals surface area contributed by atoms with Gasteiger partial charge in [-0.3, -0.25) is 0 Å². The zero-order valence-electron chi connectivity index (χ0n) is 23.0. The summed E-state index contributed by atoms with van der Waals surface area (Å²) in [5.41, 5.74) is 2.61. The van der Waals surface area contributed by atoms with Gasteiger partial charge in [-0.1, -0.05) is 12.5 Å². The summed E-state index contributed by atoms with van der Waals surface area (Å²) < 4.78 is 47.4. The van der Waals surface area contributed by atoms with Gasteiger partial charge in [-0.15, -0.1) is 13.2 Å². The van der Waals surface area contributed by atoms with E-state index in [1.54, 1.807) is 17.0 Å². The van der Waals surface area contributed by atoms with Gasteiger partial charge in [0, 0.05) is 50.6 Å². The molecule has 0 atom stereocenters. The van der Waals surface area contributed by atoms with Crippen LogP contribution < -0.4 is 14.5 Å². The summed E-state index contributed by atoms with van der Waals surface area (Å²) in [4.78, 5) is 27.7. The Morgan fingerprint density at radius 2 is 1.68 bits per heavy atom. The molecule has 1 amide bonds. The Morgan fingerprint density at radius 3 is 2.21 bits per heavy atom. The maximum absolute atomic E-state index is 12.6. The highest BCUT2D eigenvalue weighted by Crippen LogP contribution is 2.32. The average Bonchev–Trinajstić information content (AvgIpc) is 2.82. The van der Waals surface area contributed by atoms with Gasteiger partial charge in [0.15, 0.2) is 0 Å². The summed E-state index contributed by atoms with van der Waals surface area (Å²) in [6, 6.07) is 5.65. The SMILES string of the molecule is CC/C(C)=C/N(C)c1nc(N2CCN(C(=O)OC(C)(C)C)CC2)nc(-c2ccc(OC(F)(F)F)cc2)c1C. The summed E-state index contributed by atoms with van der Waals surface area (Å²) in [5.74, 6) is 0.864. The molecule has 1 aromatic carbocycles. The fraction of sp³-hybridized carbons (Fsp3) is 0.519. The minimum absolute atomic E-state index is 0.301. The second kappa shape index (κ2) is 11.5. The Hall–Kier alpha value is -3.50. The van der Waals surface area contributed by atoms with Crippen LogP contribution in [0.4, 0.5) is 29.7 Å². The number of alkyl halides is 3. The van der Waals surface area contributed by atoms with Crippen LogP contribution in [0.2, 0.25) is 0 Å². The van der Waals surface area contributed by atoms with E-state index in [0.717, 1.165) is 17.6 Å². The lowest BCUT2D eigenvalue weighted by Crippen LogP contribution is -2.50. The first-order valence-electron chi connectivity index (χ1n) is 12.5. The molecular formula is C27H36F3N5O3. The Morgan fingerprint density at radius 1 is 1.08 bits per heavy atom. The van der Waals surface area contributed by atoms with Crippen molar-refractivity contribution in [3.05, 3.63) is 41.6 Å². The summed E-state index contributed by atoms with van der Waals surface area (Å²) in [7, 11) is 1.91. The second-order valence-electron chi connectivity index (χ2n) is 10.3. The van der Waals surface area contributed by atoms with Crippen molar-refractivity contribution < 1.29 is 27.4 Å². The van der Waals surface area contributed by atoms with Gasteiger partial charge in [0.05, 0.1) is 5.69 Å². The highest BCUT2D eigenvalue weighted by atomic mass is 19.4. The third-order valence-corrected chi connectivity index (χ3v) is 5.99. The fourth-order valence-corrected chi connectivity index (χ4v) is 3.97. The molecule has 208 valence electrons. The number of allylic oxidation sites excluding steroid dienone is 1. The largest absolute Gasteiger partial charge is 0.573 e. The van der Waals surface area contributed by atoms with Crippen molar-refractivity contribution in [2.45, 2.75) is 59.9 Å². The molecule has 3 rings (SSSR count). The number of carbonyl (C=O) groups excluding carboxylic acids is 1. The third-order valence-electron chi connectivity index (χ3n) is 5.99. The highest BCUT2D eigenvalue weighted by Gasteiger charge is 2.31. The Labute approximate surface area is 222 Å². The van der Waals surface area contributed by atoms with E-state index in [4.69, 9.17) is 14.7 Å². The number of nitrogens with zero attached hydrogens (tertiary/aromatic N) is 5. The molecule has 1 fully saturated rings. The van der Waals surface area contributed by atoms with E-state index >= 15 is 0 Å². The molecule has 8 nitrogen and oxygen atoms in total. The van der Waals surface area contributed by atoms with Crippen molar-refractivity contribution in [3.8, 4) is 17.0 Å². The smallest absolute Gasteiger partial charge is 0.444 e. The number of amides is 1. The predicted octanol–water partition coefficient (Wildman–Crippen LogP) is 6.16. The predicted molar refractivity (Wildman–Crippen MR) is 141 cm³/mol. The zero-order valence-corrected chi connectivity index (χ0v) is 23.0. The van der Waals surface area contributed by atoms with E-state index < -0.39 is 12.0 Å². The van der Waals surface area contributed by atoms with Crippen LogP contribution >= 0.6 is 0 Å². The van der Waals surface area contributed by atoms with Crippen LogP contribution in [0.5, 0.6) is 5.75 Å². The van der Waals surface area contributed by atoms with Gasteiger partial charge in [-0.05, 0) is 65.3 Å². The van der Waals surface area contributed by atoms with E-state index in [-0.39, 0.29) is 11.8 Å². The second-order valence-corrected chi connectivity index (χ2v) is 10.3. The van der Waals surface area contributed by atoms with Crippen LogP contribution in [-0.2, 0) is 4.74 Å².